The Bertz CT molecular complexity index is 967. The molecule has 2 heterocycles. The largest absolute Gasteiger partial charge is 0.383 e. The molecule has 2 aromatic rings. The maximum absolute atomic E-state index is 13.0. The van der Waals surface area contributed by atoms with E-state index in [1.165, 1.54) is 20.8 Å². The summed E-state index contributed by atoms with van der Waals surface area (Å²) in [5.41, 5.74) is 5.96. The lowest BCUT2D eigenvalue weighted by Crippen LogP contribution is -3.14. The lowest BCUT2D eigenvalue weighted by atomic mass is 10.0. The molecule has 1 aliphatic rings. The van der Waals surface area contributed by atoms with Gasteiger partial charge in [-0.15, -0.1) is 0 Å². The van der Waals surface area contributed by atoms with E-state index in [0.29, 0.717) is 19.0 Å². The van der Waals surface area contributed by atoms with Gasteiger partial charge in [0.1, 0.15) is 5.82 Å². The summed E-state index contributed by atoms with van der Waals surface area (Å²) < 4.78 is 1.30. The van der Waals surface area contributed by atoms with E-state index in [1.54, 1.807) is 6.92 Å². The number of piperidine rings is 1. The van der Waals surface area contributed by atoms with Crippen LogP contribution in [0.3, 0.4) is 0 Å². The summed E-state index contributed by atoms with van der Waals surface area (Å²) in [6.45, 7) is 6.74. The molecule has 1 aromatic heterocycles. The third kappa shape index (κ3) is 4.76. The van der Waals surface area contributed by atoms with Gasteiger partial charge in [-0.1, -0.05) is 37.3 Å². The number of aromatic amines is 1. The minimum Gasteiger partial charge on any atom is -0.383 e. The van der Waals surface area contributed by atoms with Crippen molar-refractivity contribution in [2.45, 2.75) is 33.2 Å². The van der Waals surface area contributed by atoms with E-state index in [4.69, 9.17) is 5.73 Å². The molecule has 1 fully saturated rings. The van der Waals surface area contributed by atoms with Crippen LogP contribution < -0.4 is 26.8 Å². The number of aromatic nitrogens is 2. The number of anilines is 2. The number of likely N-dealkylation sites (tertiary alicyclic amines) is 1. The van der Waals surface area contributed by atoms with Gasteiger partial charge >= 0.3 is 5.69 Å². The zero-order valence-corrected chi connectivity index (χ0v) is 17.1. The molecule has 2 atom stereocenters. The normalized spacial score (nSPS) is 19.1. The van der Waals surface area contributed by atoms with E-state index < -0.39 is 11.2 Å². The molecular formula is C21H30N5O3+. The number of quaternary nitrogens is 1. The van der Waals surface area contributed by atoms with Gasteiger partial charge in [0.25, 0.3) is 11.5 Å². The van der Waals surface area contributed by atoms with Gasteiger partial charge in [-0.3, -0.25) is 24.0 Å². The first-order valence-corrected chi connectivity index (χ1v) is 10.2. The van der Waals surface area contributed by atoms with E-state index >= 15 is 0 Å². The average Bonchev–Trinajstić information content (AvgIpc) is 2.69. The fourth-order valence-electron chi connectivity index (χ4n) is 4.09. The number of amides is 1. The number of carbonyl (C=O) groups excluding carboxylic acids is 1. The molecule has 0 saturated carbocycles. The summed E-state index contributed by atoms with van der Waals surface area (Å²) in [4.78, 5) is 42.9. The fraction of sp³-hybridized carbons (Fsp3) is 0.476. The highest BCUT2D eigenvalue weighted by atomic mass is 16.2. The van der Waals surface area contributed by atoms with Gasteiger partial charge in [0.15, 0.2) is 12.2 Å². The molecular weight excluding hydrogens is 370 g/mol. The standard InChI is InChI=1S/C21H29N5O3/c1-3-25(17(27)14-24-11-7-8-15(2)12-24)18-19(22)26(21(29)23-20(18)28)13-16-9-5-4-6-10-16/h4-6,9-10,15H,3,7-8,11-14,22H2,1-2H3,(H,23,28,29)/p+1/t15-/m1/s1. The van der Waals surface area contributed by atoms with E-state index in [0.717, 1.165) is 25.1 Å². The van der Waals surface area contributed by atoms with Crippen LogP contribution in [0.2, 0.25) is 0 Å². The van der Waals surface area contributed by atoms with Crippen molar-refractivity contribution in [3.05, 3.63) is 56.7 Å². The molecule has 156 valence electrons. The predicted octanol–water partition coefficient (Wildman–Crippen LogP) is -0.165. The number of benzene rings is 1. The Balaban J connectivity index is 1.90. The number of nitrogens with zero attached hydrogens (tertiary/aromatic N) is 2. The number of likely N-dealkylation sites (N-methyl/N-ethyl adjacent to an activating group) is 1. The van der Waals surface area contributed by atoms with Crippen LogP contribution in [0.15, 0.2) is 39.9 Å². The highest BCUT2D eigenvalue weighted by molar-refractivity contribution is 5.96. The predicted molar refractivity (Wildman–Crippen MR) is 113 cm³/mol. The molecule has 8 heteroatoms. The molecule has 3 rings (SSSR count). The minimum atomic E-state index is -0.631. The zero-order chi connectivity index (χ0) is 21.0. The topological polar surface area (TPSA) is 106 Å². The van der Waals surface area contributed by atoms with Crippen molar-refractivity contribution in [2.75, 3.05) is 36.8 Å². The quantitative estimate of drug-likeness (QED) is 0.626. The third-order valence-corrected chi connectivity index (χ3v) is 5.55. The molecule has 1 aliphatic heterocycles. The van der Waals surface area contributed by atoms with Crippen LogP contribution in [0.4, 0.5) is 11.5 Å². The number of hydrogen-bond acceptors (Lipinski definition) is 4. The van der Waals surface area contributed by atoms with Crippen molar-refractivity contribution in [1.29, 1.82) is 0 Å². The number of carbonyl (C=O) groups is 1. The SMILES string of the molecule is CCN(C(=O)C[NH+]1CCC[C@@H](C)C1)c1c(N)n(Cc2ccccc2)c(=O)[nH]c1=O. The molecule has 8 nitrogen and oxygen atoms in total. The maximum atomic E-state index is 13.0. The lowest BCUT2D eigenvalue weighted by Gasteiger charge is -2.29. The van der Waals surface area contributed by atoms with Crippen molar-refractivity contribution >= 4 is 17.4 Å². The van der Waals surface area contributed by atoms with Crippen LogP contribution in [0.25, 0.3) is 0 Å². The molecule has 0 aliphatic carbocycles. The second-order valence-corrected chi connectivity index (χ2v) is 7.83. The first-order valence-electron chi connectivity index (χ1n) is 10.2. The zero-order valence-electron chi connectivity index (χ0n) is 17.1. The molecule has 4 N–H and O–H groups in total. The van der Waals surface area contributed by atoms with Gasteiger partial charge in [-0.25, -0.2) is 4.79 Å². The van der Waals surface area contributed by atoms with Crippen molar-refractivity contribution < 1.29 is 9.69 Å². The minimum absolute atomic E-state index is 0.0137. The Morgan fingerprint density at radius 1 is 1.31 bits per heavy atom. The summed E-state index contributed by atoms with van der Waals surface area (Å²) in [5.74, 6) is 0.446. The first-order chi connectivity index (χ1) is 13.9. The number of rotatable bonds is 6. The summed E-state index contributed by atoms with van der Waals surface area (Å²) in [7, 11) is 0. The fourth-order valence-corrected chi connectivity index (χ4v) is 4.09. The van der Waals surface area contributed by atoms with E-state index in [-0.39, 0.29) is 24.0 Å². The number of H-pyrrole nitrogens is 1. The molecule has 1 unspecified atom stereocenters. The second kappa shape index (κ2) is 9.09. The first kappa shape index (κ1) is 20.9. The van der Waals surface area contributed by atoms with Crippen LogP contribution in [-0.4, -0.2) is 41.6 Å². The summed E-state index contributed by atoms with van der Waals surface area (Å²) >= 11 is 0. The molecule has 1 saturated heterocycles. The lowest BCUT2D eigenvalue weighted by molar-refractivity contribution is -0.900. The van der Waals surface area contributed by atoms with Gasteiger partial charge < -0.3 is 10.6 Å². The van der Waals surface area contributed by atoms with Crippen molar-refractivity contribution in [2.24, 2.45) is 5.92 Å². The van der Waals surface area contributed by atoms with Crippen LogP contribution in [0, 0.1) is 5.92 Å². The van der Waals surface area contributed by atoms with Crippen LogP contribution >= 0.6 is 0 Å². The van der Waals surface area contributed by atoms with Crippen LogP contribution in [-0.2, 0) is 11.3 Å². The molecule has 0 bridgehead atoms. The maximum Gasteiger partial charge on any atom is 0.330 e. The monoisotopic (exact) mass is 400 g/mol. The van der Waals surface area contributed by atoms with Crippen molar-refractivity contribution in [3.63, 3.8) is 0 Å². The Labute approximate surface area is 169 Å². The molecule has 29 heavy (non-hydrogen) atoms. The van der Waals surface area contributed by atoms with Gasteiger partial charge in [-0.2, -0.15) is 0 Å². The number of nitrogens with one attached hydrogen (secondary N) is 2. The Hall–Kier alpha value is -2.87. The second-order valence-electron chi connectivity index (χ2n) is 7.83. The Kier molecular flexibility index (Phi) is 6.53. The smallest absolute Gasteiger partial charge is 0.330 e. The van der Waals surface area contributed by atoms with E-state index in [2.05, 4.69) is 11.9 Å². The number of hydrogen-bond donors (Lipinski definition) is 3. The third-order valence-electron chi connectivity index (χ3n) is 5.55. The van der Waals surface area contributed by atoms with Gasteiger partial charge in [0, 0.05) is 12.5 Å². The Morgan fingerprint density at radius 2 is 2.03 bits per heavy atom. The van der Waals surface area contributed by atoms with Crippen molar-refractivity contribution in [1.82, 2.24) is 9.55 Å². The van der Waals surface area contributed by atoms with Gasteiger partial charge in [-0.05, 0) is 25.3 Å². The molecule has 0 spiro atoms. The Morgan fingerprint density at radius 3 is 2.69 bits per heavy atom. The summed E-state index contributed by atoms with van der Waals surface area (Å²) in [6, 6.07) is 9.37. The number of nitrogen functional groups attached to an aromatic ring is 1. The highest BCUT2D eigenvalue weighted by Crippen LogP contribution is 2.17. The molecule has 1 amide bonds. The van der Waals surface area contributed by atoms with Gasteiger partial charge in [0.2, 0.25) is 0 Å². The average molecular weight is 401 g/mol. The highest BCUT2D eigenvalue weighted by Gasteiger charge is 2.28. The van der Waals surface area contributed by atoms with Crippen molar-refractivity contribution in [3.8, 4) is 0 Å². The summed E-state index contributed by atoms with van der Waals surface area (Å²) in [5, 5.41) is 0. The number of nitrogens with two attached hydrogens (primary N) is 1. The molecule has 0 radical (unpaired) electrons. The van der Waals surface area contributed by atoms with E-state index in [9.17, 15) is 14.4 Å². The summed E-state index contributed by atoms with van der Waals surface area (Å²) in [6.07, 6.45) is 2.28. The van der Waals surface area contributed by atoms with Crippen LogP contribution in [0.5, 0.6) is 0 Å². The van der Waals surface area contributed by atoms with Gasteiger partial charge in [0.05, 0.1) is 19.6 Å². The van der Waals surface area contributed by atoms with E-state index in [1.807, 2.05) is 30.3 Å². The van der Waals surface area contributed by atoms with Crippen LogP contribution in [0.1, 0.15) is 32.3 Å². The molecule has 1 aromatic carbocycles.